The Balaban J connectivity index is 2.02. The van der Waals surface area contributed by atoms with Crippen molar-refractivity contribution in [3.05, 3.63) is 54.7 Å². The zero-order valence-corrected chi connectivity index (χ0v) is 14.5. The molecular formula is C18H20N2O4S. The van der Waals surface area contributed by atoms with E-state index >= 15 is 0 Å². The van der Waals surface area contributed by atoms with Gasteiger partial charge in [0.05, 0.1) is 11.4 Å². The van der Waals surface area contributed by atoms with Crippen molar-refractivity contribution in [3.63, 3.8) is 0 Å². The molecule has 1 fully saturated rings. The van der Waals surface area contributed by atoms with Crippen LogP contribution in [0.1, 0.15) is 23.7 Å². The first-order chi connectivity index (χ1) is 11.9. The number of hydrogen-bond acceptors (Lipinski definition) is 4. The van der Waals surface area contributed by atoms with Crippen molar-refractivity contribution in [1.29, 1.82) is 0 Å². The van der Waals surface area contributed by atoms with Gasteiger partial charge in [-0.3, -0.25) is 9.78 Å². The van der Waals surface area contributed by atoms with Gasteiger partial charge in [-0.05, 0) is 18.9 Å². The third kappa shape index (κ3) is 3.29. The molecule has 0 aliphatic carbocycles. The van der Waals surface area contributed by atoms with Gasteiger partial charge in [0.1, 0.15) is 5.25 Å². The fourth-order valence-electron chi connectivity index (χ4n) is 3.30. The van der Waals surface area contributed by atoms with Gasteiger partial charge in [-0.1, -0.05) is 30.3 Å². The van der Waals surface area contributed by atoms with E-state index in [1.165, 1.54) is 10.4 Å². The highest BCUT2D eigenvalue weighted by Crippen LogP contribution is 2.33. The number of aromatic nitrogens is 1. The first-order valence-corrected chi connectivity index (χ1v) is 9.63. The molecule has 6 nitrogen and oxygen atoms in total. The van der Waals surface area contributed by atoms with Gasteiger partial charge < -0.3 is 5.11 Å². The standard InChI is InChI=1S/C18H20N2O4S/c1-2-16(15-9-3-6-13-7-4-10-19-17(13)15)25(23,24)20-11-5-8-14(12-20)18(21)22/h2-4,6-7,9-10,14,16H,1,5,8,11-12H2,(H,21,22). The average molecular weight is 360 g/mol. The number of sulfonamides is 1. The van der Waals surface area contributed by atoms with Gasteiger partial charge in [-0.15, -0.1) is 6.58 Å². The van der Waals surface area contributed by atoms with Crippen molar-refractivity contribution in [1.82, 2.24) is 9.29 Å². The maximum atomic E-state index is 13.2. The molecule has 2 aromatic rings. The largest absolute Gasteiger partial charge is 0.481 e. The minimum Gasteiger partial charge on any atom is -0.481 e. The number of piperidine rings is 1. The monoisotopic (exact) mass is 360 g/mol. The molecule has 2 atom stereocenters. The van der Waals surface area contributed by atoms with E-state index in [1.807, 2.05) is 12.1 Å². The van der Waals surface area contributed by atoms with Crippen molar-refractivity contribution < 1.29 is 18.3 Å². The van der Waals surface area contributed by atoms with E-state index in [0.717, 1.165) is 5.39 Å². The molecule has 1 aromatic heterocycles. The lowest BCUT2D eigenvalue weighted by Gasteiger charge is -2.32. The molecule has 0 bridgehead atoms. The van der Waals surface area contributed by atoms with Crippen LogP contribution in [0.5, 0.6) is 0 Å². The van der Waals surface area contributed by atoms with Crippen molar-refractivity contribution in [2.45, 2.75) is 18.1 Å². The van der Waals surface area contributed by atoms with Crippen LogP contribution >= 0.6 is 0 Å². The van der Waals surface area contributed by atoms with Gasteiger partial charge >= 0.3 is 5.97 Å². The van der Waals surface area contributed by atoms with Gasteiger partial charge in [0.2, 0.25) is 10.0 Å². The van der Waals surface area contributed by atoms with Gasteiger partial charge in [-0.2, -0.15) is 0 Å². The van der Waals surface area contributed by atoms with Crippen LogP contribution in [0.15, 0.2) is 49.2 Å². The second kappa shape index (κ2) is 6.93. The zero-order valence-electron chi connectivity index (χ0n) is 13.7. The lowest BCUT2D eigenvalue weighted by Crippen LogP contribution is -2.43. The van der Waals surface area contributed by atoms with Crippen molar-refractivity contribution in [2.24, 2.45) is 5.92 Å². The predicted molar refractivity (Wildman–Crippen MR) is 95.5 cm³/mol. The molecule has 1 saturated heterocycles. The summed E-state index contributed by atoms with van der Waals surface area (Å²) in [6.45, 7) is 4.04. The number of carbonyl (C=O) groups is 1. The van der Waals surface area contributed by atoms with Crippen LogP contribution in [-0.4, -0.2) is 41.9 Å². The highest BCUT2D eigenvalue weighted by atomic mass is 32.2. The van der Waals surface area contributed by atoms with E-state index < -0.39 is 27.2 Å². The van der Waals surface area contributed by atoms with E-state index in [0.29, 0.717) is 30.5 Å². The molecule has 0 amide bonds. The molecule has 3 rings (SSSR count). The molecular weight excluding hydrogens is 340 g/mol. The Bertz CT molecular complexity index is 905. The van der Waals surface area contributed by atoms with Crippen LogP contribution in [0.2, 0.25) is 0 Å². The van der Waals surface area contributed by atoms with Gasteiger partial charge in [0.25, 0.3) is 0 Å². The Morgan fingerprint density at radius 2 is 2.12 bits per heavy atom. The van der Waals surface area contributed by atoms with E-state index in [2.05, 4.69) is 11.6 Å². The van der Waals surface area contributed by atoms with Gasteiger partial charge in [0.15, 0.2) is 0 Å². The Kier molecular flexibility index (Phi) is 4.87. The lowest BCUT2D eigenvalue weighted by atomic mass is 10.0. The number of carboxylic acid groups (broad SMARTS) is 1. The van der Waals surface area contributed by atoms with E-state index in [9.17, 15) is 18.3 Å². The minimum absolute atomic E-state index is 0.000200. The Labute approximate surface area is 146 Å². The molecule has 25 heavy (non-hydrogen) atoms. The van der Waals surface area contributed by atoms with Gasteiger partial charge in [0, 0.05) is 30.2 Å². The first-order valence-electron chi connectivity index (χ1n) is 8.13. The highest BCUT2D eigenvalue weighted by molar-refractivity contribution is 7.89. The van der Waals surface area contributed by atoms with Crippen LogP contribution in [0, 0.1) is 5.92 Å². The summed E-state index contributed by atoms with van der Waals surface area (Å²) in [5, 5.41) is 9.12. The maximum Gasteiger partial charge on any atom is 0.307 e. The molecule has 0 spiro atoms. The Morgan fingerprint density at radius 1 is 1.36 bits per heavy atom. The van der Waals surface area contributed by atoms with E-state index in [1.54, 1.807) is 24.4 Å². The number of benzene rings is 1. The summed E-state index contributed by atoms with van der Waals surface area (Å²) in [7, 11) is -3.77. The number of hydrogen-bond donors (Lipinski definition) is 1. The Morgan fingerprint density at radius 3 is 2.84 bits per heavy atom. The SMILES string of the molecule is C=CC(c1cccc2cccnc12)S(=O)(=O)N1CCCC(C(=O)O)C1. The smallest absolute Gasteiger partial charge is 0.307 e. The minimum atomic E-state index is -3.77. The third-order valence-corrected chi connectivity index (χ3v) is 6.74. The van der Waals surface area contributed by atoms with E-state index in [-0.39, 0.29) is 6.54 Å². The van der Waals surface area contributed by atoms with Crippen molar-refractivity contribution in [2.75, 3.05) is 13.1 Å². The van der Waals surface area contributed by atoms with E-state index in [4.69, 9.17) is 0 Å². The molecule has 2 heterocycles. The van der Waals surface area contributed by atoms with Crippen LogP contribution in [0.25, 0.3) is 10.9 Å². The fourth-order valence-corrected chi connectivity index (χ4v) is 5.15. The summed E-state index contributed by atoms with van der Waals surface area (Å²) in [4.78, 5) is 15.6. The number of para-hydroxylation sites is 1. The second-order valence-electron chi connectivity index (χ2n) is 6.16. The summed E-state index contributed by atoms with van der Waals surface area (Å²) in [6.07, 6.45) is 4.05. The quantitative estimate of drug-likeness (QED) is 0.828. The summed E-state index contributed by atoms with van der Waals surface area (Å²) >= 11 is 0. The summed E-state index contributed by atoms with van der Waals surface area (Å²) in [5.74, 6) is -1.62. The van der Waals surface area contributed by atoms with Crippen molar-refractivity contribution in [3.8, 4) is 0 Å². The molecule has 0 radical (unpaired) electrons. The molecule has 0 saturated carbocycles. The Hall–Kier alpha value is -2.25. The number of pyridine rings is 1. The van der Waals surface area contributed by atoms with Crippen LogP contribution in [0.3, 0.4) is 0 Å². The average Bonchev–Trinajstić information content (AvgIpc) is 2.62. The first kappa shape index (κ1) is 17.6. The van der Waals surface area contributed by atoms with Crippen LogP contribution in [-0.2, 0) is 14.8 Å². The number of aliphatic carboxylic acids is 1. The number of rotatable bonds is 5. The van der Waals surface area contributed by atoms with Crippen LogP contribution in [0.4, 0.5) is 0 Å². The number of carboxylic acids is 1. The summed E-state index contributed by atoms with van der Waals surface area (Å²) in [6, 6.07) is 9.07. The van der Waals surface area contributed by atoms with Crippen LogP contribution < -0.4 is 0 Å². The molecule has 2 unspecified atom stereocenters. The van der Waals surface area contributed by atoms with Gasteiger partial charge in [-0.25, -0.2) is 12.7 Å². The normalized spacial score (nSPS) is 20.2. The second-order valence-corrected chi connectivity index (χ2v) is 8.21. The summed E-state index contributed by atoms with van der Waals surface area (Å²) in [5.41, 5.74) is 1.18. The molecule has 1 N–H and O–H groups in total. The number of fused-ring (bicyclic) bond motifs is 1. The molecule has 1 aromatic carbocycles. The topological polar surface area (TPSA) is 87.6 Å². The van der Waals surface area contributed by atoms with Crippen molar-refractivity contribution >= 4 is 26.9 Å². The third-order valence-electron chi connectivity index (χ3n) is 4.60. The zero-order chi connectivity index (χ0) is 18.0. The highest BCUT2D eigenvalue weighted by Gasteiger charge is 2.37. The predicted octanol–water partition coefficient (Wildman–Crippen LogP) is 2.59. The molecule has 7 heteroatoms. The molecule has 1 aliphatic heterocycles. The number of nitrogens with zero attached hydrogens (tertiary/aromatic N) is 2. The lowest BCUT2D eigenvalue weighted by molar-refractivity contribution is -0.142. The fraction of sp³-hybridized carbons (Fsp3) is 0.333. The molecule has 132 valence electrons. The maximum absolute atomic E-state index is 13.2. The molecule has 1 aliphatic rings. The summed E-state index contributed by atoms with van der Waals surface area (Å²) < 4.78 is 27.6.